The van der Waals surface area contributed by atoms with Crippen LogP contribution in [0, 0.1) is 6.92 Å². The highest BCUT2D eigenvalue weighted by Crippen LogP contribution is 2.53. The van der Waals surface area contributed by atoms with Crippen molar-refractivity contribution in [3.63, 3.8) is 0 Å². The van der Waals surface area contributed by atoms with Crippen molar-refractivity contribution in [3.8, 4) is 22.8 Å². The number of hydrogen-bond acceptors (Lipinski definition) is 2. The molecule has 0 saturated carbocycles. The van der Waals surface area contributed by atoms with Crippen LogP contribution in [0.5, 0.6) is 11.5 Å². The molecule has 0 fully saturated rings. The molecule has 0 N–H and O–H groups in total. The number of rotatable bonds is 0. The zero-order chi connectivity index (χ0) is 22.6. The number of aromatic nitrogens is 1. The van der Waals surface area contributed by atoms with Crippen LogP contribution in [0.15, 0.2) is 85.1 Å². The van der Waals surface area contributed by atoms with Crippen LogP contribution >= 0.6 is 11.3 Å². The van der Waals surface area contributed by atoms with E-state index in [1.54, 1.807) is 0 Å². The third-order valence-corrected chi connectivity index (χ3v) is 8.60. The van der Waals surface area contributed by atoms with Crippen LogP contribution in [0.3, 0.4) is 0 Å². The predicted octanol–water partition coefficient (Wildman–Crippen LogP) is 8.42. The molecule has 0 aliphatic carbocycles. The molecule has 3 heteroatoms. The molecule has 0 spiro atoms. The first-order valence-electron chi connectivity index (χ1n) is 11.6. The van der Waals surface area contributed by atoms with E-state index in [4.69, 9.17) is 4.74 Å². The molecule has 3 heterocycles. The lowest BCUT2D eigenvalue weighted by Crippen LogP contribution is -2.31. The van der Waals surface area contributed by atoms with Gasteiger partial charge in [0.1, 0.15) is 12.8 Å². The van der Waals surface area contributed by atoms with Gasteiger partial charge in [-0.1, -0.05) is 54.6 Å². The summed E-state index contributed by atoms with van der Waals surface area (Å²) in [5.74, 6) is 1.94. The first kappa shape index (κ1) is 18.5. The van der Waals surface area contributed by atoms with Gasteiger partial charge in [-0.15, -0.1) is 11.3 Å². The minimum Gasteiger partial charge on any atom is -0.454 e. The Kier molecular flexibility index (Phi) is 3.44. The zero-order valence-electron chi connectivity index (χ0n) is 18.8. The number of hydrogen-bond donors (Lipinski definition) is 0. The summed E-state index contributed by atoms with van der Waals surface area (Å²) in [5.41, 5.74) is 3.71. The van der Waals surface area contributed by atoms with Gasteiger partial charge in [0.15, 0.2) is 11.9 Å². The minimum atomic E-state index is 0.945. The Bertz CT molecular complexity index is 2010. The molecule has 1 aliphatic rings. The standard InChI is InChI=1S/C31H20NOS/c1-17-26-19(12-11-18-7-3-4-8-21(18)26)16-24-27(17)29-28-20(13-14-32(29)2)15-23-22-9-5-6-10-25(22)34-31(23)30(28)33-24/h3-16H,1-2H3/q+1. The lowest BCUT2D eigenvalue weighted by atomic mass is 9.89. The summed E-state index contributed by atoms with van der Waals surface area (Å²) in [4.78, 5) is 0. The second kappa shape index (κ2) is 6.34. The maximum Gasteiger partial charge on any atom is 0.228 e. The van der Waals surface area contributed by atoms with Crippen LogP contribution in [0.2, 0.25) is 0 Å². The van der Waals surface area contributed by atoms with Crippen molar-refractivity contribution in [2.24, 2.45) is 7.05 Å². The molecule has 0 saturated heterocycles. The average molecular weight is 455 g/mol. The first-order valence-corrected chi connectivity index (χ1v) is 12.4. The molecule has 0 radical (unpaired) electrons. The summed E-state index contributed by atoms with van der Waals surface area (Å²) < 4.78 is 11.6. The summed E-state index contributed by atoms with van der Waals surface area (Å²) in [6.07, 6.45) is 2.18. The summed E-state index contributed by atoms with van der Waals surface area (Å²) in [5, 5.41) is 10.1. The highest BCUT2D eigenvalue weighted by atomic mass is 32.1. The van der Waals surface area contributed by atoms with E-state index in [1.807, 2.05) is 11.3 Å². The molecule has 8 rings (SSSR count). The molecule has 2 aromatic heterocycles. The molecular weight excluding hydrogens is 434 g/mol. The van der Waals surface area contributed by atoms with Crippen molar-refractivity contribution in [1.82, 2.24) is 0 Å². The summed E-state index contributed by atoms with van der Waals surface area (Å²) in [6.45, 7) is 2.25. The quantitative estimate of drug-likeness (QED) is 0.166. The van der Waals surface area contributed by atoms with Crippen LogP contribution in [-0.4, -0.2) is 0 Å². The van der Waals surface area contributed by atoms with E-state index in [0.717, 1.165) is 11.5 Å². The maximum absolute atomic E-state index is 6.85. The van der Waals surface area contributed by atoms with Gasteiger partial charge in [0.05, 0.1) is 15.6 Å². The fraction of sp³-hybridized carbons (Fsp3) is 0.0645. The summed E-state index contributed by atoms with van der Waals surface area (Å²) >= 11 is 1.83. The number of ether oxygens (including phenoxy) is 1. The molecule has 0 bridgehead atoms. The van der Waals surface area contributed by atoms with E-state index in [9.17, 15) is 0 Å². The molecule has 0 unspecified atom stereocenters. The van der Waals surface area contributed by atoms with Gasteiger partial charge in [-0.25, -0.2) is 4.57 Å². The number of pyridine rings is 1. The van der Waals surface area contributed by atoms with Gasteiger partial charge in [0, 0.05) is 21.5 Å². The van der Waals surface area contributed by atoms with Crippen molar-refractivity contribution in [2.75, 3.05) is 0 Å². The third kappa shape index (κ3) is 2.22. The Morgan fingerprint density at radius 2 is 1.50 bits per heavy atom. The van der Waals surface area contributed by atoms with E-state index in [-0.39, 0.29) is 0 Å². The van der Waals surface area contributed by atoms with Gasteiger partial charge in [0.25, 0.3) is 0 Å². The Morgan fingerprint density at radius 1 is 0.735 bits per heavy atom. The summed E-state index contributed by atoms with van der Waals surface area (Å²) in [6, 6.07) is 28.6. The van der Waals surface area contributed by atoms with Crippen molar-refractivity contribution >= 4 is 63.8 Å². The molecule has 5 aromatic carbocycles. The van der Waals surface area contributed by atoms with Gasteiger partial charge in [-0.05, 0) is 57.6 Å². The van der Waals surface area contributed by atoms with Gasteiger partial charge in [-0.2, -0.15) is 0 Å². The molecule has 7 aromatic rings. The fourth-order valence-corrected chi connectivity index (χ4v) is 7.07. The highest BCUT2D eigenvalue weighted by molar-refractivity contribution is 7.26. The second-order valence-electron chi connectivity index (χ2n) is 9.28. The fourth-order valence-electron chi connectivity index (χ4n) is 5.90. The topological polar surface area (TPSA) is 13.1 Å². The SMILES string of the molecule is Cc1c2c(cc3ccc4ccccc4c13)Oc1c3sc4ccccc4c3cc3cc[n+](C)c-2c13. The van der Waals surface area contributed by atoms with Gasteiger partial charge in [-0.3, -0.25) is 0 Å². The lowest BCUT2D eigenvalue weighted by molar-refractivity contribution is -0.659. The van der Waals surface area contributed by atoms with Crippen molar-refractivity contribution in [2.45, 2.75) is 6.92 Å². The Balaban J connectivity index is 1.58. The Hall–Kier alpha value is -3.95. The Labute approximate surface area is 200 Å². The molecule has 1 aliphatic heterocycles. The van der Waals surface area contributed by atoms with Crippen LogP contribution in [0.4, 0.5) is 0 Å². The Morgan fingerprint density at radius 3 is 2.41 bits per heavy atom. The molecule has 0 atom stereocenters. The second-order valence-corrected chi connectivity index (χ2v) is 10.3. The van der Waals surface area contributed by atoms with E-state index in [1.165, 1.54) is 69.3 Å². The zero-order valence-corrected chi connectivity index (χ0v) is 19.7. The number of benzene rings is 5. The maximum atomic E-state index is 6.85. The largest absolute Gasteiger partial charge is 0.454 e. The van der Waals surface area contributed by atoms with Gasteiger partial charge < -0.3 is 4.74 Å². The first-order chi connectivity index (χ1) is 16.7. The number of nitrogens with zero attached hydrogens (tertiary/aromatic N) is 1. The van der Waals surface area contributed by atoms with E-state index in [2.05, 4.69) is 104 Å². The lowest BCUT2D eigenvalue weighted by Gasteiger charge is -2.23. The number of thiophene rings is 1. The van der Waals surface area contributed by atoms with E-state index >= 15 is 0 Å². The normalized spacial score (nSPS) is 12.6. The van der Waals surface area contributed by atoms with Crippen molar-refractivity contribution in [3.05, 3.63) is 90.6 Å². The predicted molar refractivity (Wildman–Crippen MR) is 143 cm³/mol. The minimum absolute atomic E-state index is 0.945. The molecule has 2 nitrogen and oxygen atoms in total. The monoisotopic (exact) mass is 454 g/mol. The smallest absolute Gasteiger partial charge is 0.228 e. The van der Waals surface area contributed by atoms with Gasteiger partial charge in [0.2, 0.25) is 5.69 Å². The molecular formula is C31H20NOS+. The van der Waals surface area contributed by atoms with Crippen LogP contribution in [0.25, 0.3) is 63.7 Å². The highest BCUT2D eigenvalue weighted by Gasteiger charge is 2.32. The van der Waals surface area contributed by atoms with Crippen molar-refractivity contribution in [1.29, 1.82) is 0 Å². The summed E-state index contributed by atoms with van der Waals surface area (Å²) in [7, 11) is 2.15. The average Bonchev–Trinajstić information content (AvgIpc) is 3.24. The van der Waals surface area contributed by atoms with Gasteiger partial charge >= 0.3 is 0 Å². The third-order valence-electron chi connectivity index (χ3n) is 7.42. The molecule has 160 valence electrons. The molecule has 0 amide bonds. The van der Waals surface area contributed by atoms with E-state index < -0.39 is 0 Å². The van der Waals surface area contributed by atoms with Crippen LogP contribution < -0.4 is 9.30 Å². The van der Waals surface area contributed by atoms with E-state index in [0.29, 0.717) is 0 Å². The van der Waals surface area contributed by atoms with Crippen LogP contribution in [0.1, 0.15) is 5.56 Å². The molecule has 34 heavy (non-hydrogen) atoms. The van der Waals surface area contributed by atoms with Crippen LogP contribution in [-0.2, 0) is 7.05 Å². The number of aryl methyl sites for hydroxylation is 2. The number of fused-ring (bicyclic) bond motifs is 9. The van der Waals surface area contributed by atoms with Crippen molar-refractivity contribution < 1.29 is 9.30 Å².